The third-order valence-corrected chi connectivity index (χ3v) is 5.92. The fraction of sp³-hybridized carbons (Fsp3) is 0.259. The molecule has 0 saturated heterocycles. The molecule has 0 aliphatic rings. The van der Waals surface area contributed by atoms with Crippen LogP contribution < -0.4 is 25.8 Å². The van der Waals surface area contributed by atoms with Crippen LogP contribution in [0, 0.1) is 0 Å². The average Bonchev–Trinajstić information content (AvgIpc) is 3.37. The number of aromatic nitrogens is 2. The first-order valence-corrected chi connectivity index (χ1v) is 12.0. The number of oxazole rings is 1. The summed E-state index contributed by atoms with van der Waals surface area (Å²) in [4.78, 5) is 33.9. The molecule has 210 valence electrons. The van der Waals surface area contributed by atoms with E-state index in [4.69, 9.17) is 19.6 Å². The van der Waals surface area contributed by atoms with Crippen molar-refractivity contribution in [3.05, 3.63) is 65.7 Å². The Morgan fingerprint density at radius 1 is 1.02 bits per heavy atom. The van der Waals surface area contributed by atoms with E-state index >= 15 is 0 Å². The number of hydrogen-bond acceptors (Lipinski definition) is 8. The van der Waals surface area contributed by atoms with E-state index in [1.54, 1.807) is 31.2 Å². The van der Waals surface area contributed by atoms with Crippen LogP contribution in [0.3, 0.4) is 0 Å². The summed E-state index contributed by atoms with van der Waals surface area (Å²) < 4.78 is 56.1. The van der Waals surface area contributed by atoms with Crippen LogP contribution >= 0.6 is 0 Å². The molecule has 2 aromatic heterocycles. The number of alkyl halides is 3. The molecule has 0 fully saturated rings. The number of nitrogens with one attached hydrogen (secondary N) is 2. The Hall–Kier alpha value is -4.65. The lowest BCUT2D eigenvalue weighted by molar-refractivity contribution is -0.141. The topological polar surface area (TPSA) is 142 Å². The smallest absolute Gasteiger partial charge is 0.433 e. The van der Waals surface area contributed by atoms with Gasteiger partial charge >= 0.3 is 6.18 Å². The number of nitrogens with two attached hydrogens (primary N) is 1. The maximum Gasteiger partial charge on any atom is 0.433 e. The van der Waals surface area contributed by atoms with Gasteiger partial charge in [-0.2, -0.15) is 13.2 Å². The Balaban J connectivity index is 1.65. The lowest BCUT2D eigenvalue weighted by Gasteiger charge is -2.14. The van der Waals surface area contributed by atoms with Crippen LogP contribution in [0.15, 0.2) is 52.9 Å². The van der Waals surface area contributed by atoms with E-state index in [1.165, 1.54) is 39.3 Å². The van der Waals surface area contributed by atoms with Gasteiger partial charge in [-0.1, -0.05) is 6.07 Å². The van der Waals surface area contributed by atoms with Gasteiger partial charge in [0.05, 0.1) is 20.3 Å². The number of carbonyl (C=O) groups excluding carboxylic acids is 2. The summed E-state index contributed by atoms with van der Waals surface area (Å²) in [6.45, 7) is 3.06. The third-order valence-electron chi connectivity index (χ3n) is 5.92. The number of nitrogens with zero attached hydrogens (tertiary/aromatic N) is 2. The van der Waals surface area contributed by atoms with Crippen molar-refractivity contribution in [1.29, 1.82) is 0 Å². The van der Waals surface area contributed by atoms with Crippen molar-refractivity contribution in [2.45, 2.75) is 32.1 Å². The minimum atomic E-state index is -4.67. The van der Waals surface area contributed by atoms with E-state index in [1.807, 2.05) is 0 Å². The van der Waals surface area contributed by atoms with Gasteiger partial charge in [0.1, 0.15) is 28.8 Å². The fourth-order valence-electron chi connectivity index (χ4n) is 3.90. The van der Waals surface area contributed by atoms with Crippen molar-refractivity contribution in [3.8, 4) is 23.0 Å². The molecule has 40 heavy (non-hydrogen) atoms. The Labute approximate surface area is 226 Å². The van der Waals surface area contributed by atoms with Crippen LogP contribution in [0.5, 0.6) is 11.5 Å². The summed E-state index contributed by atoms with van der Waals surface area (Å²) in [5.41, 5.74) is 5.43. The largest absolute Gasteiger partial charge is 0.497 e. The second-order valence-electron chi connectivity index (χ2n) is 8.84. The highest BCUT2D eigenvalue weighted by Gasteiger charge is 2.33. The highest BCUT2D eigenvalue weighted by atomic mass is 19.4. The number of fused-ring (bicyclic) bond motifs is 1. The van der Waals surface area contributed by atoms with Gasteiger partial charge in [0.2, 0.25) is 11.8 Å². The van der Waals surface area contributed by atoms with E-state index in [-0.39, 0.29) is 39.6 Å². The van der Waals surface area contributed by atoms with Crippen LogP contribution in [0.2, 0.25) is 0 Å². The predicted octanol–water partition coefficient (Wildman–Crippen LogP) is 4.70. The normalized spacial score (nSPS) is 13.0. The van der Waals surface area contributed by atoms with Crippen molar-refractivity contribution < 1.29 is 36.7 Å². The number of anilines is 1. The molecule has 0 spiro atoms. The molecule has 0 radical (unpaired) electrons. The fourth-order valence-corrected chi connectivity index (χ4v) is 3.90. The number of ether oxygens (including phenoxy) is 2. The number of benzene rings is 2. The molecule has 0 saturated carbocycles. The van der Waals surface area contributed by atoms with Crippen LogP contribution in [0.4, 0.5) is 18.9 Å². The Morgan fingerprint density at radius 3 is 2.42 bits per heavy atom. The highest BCUT2D eigenvalue weighted by Crippen LogP contribution is 2.37. The van der Waals surface area contributed by atoms with Crippen LogP contribution in [-0.4, -0.2) is 42.0 Å². The van der Waals surface area contributed by atoms with E-state index in [0.29, 0.717) is 11.4 Å². The van der Waals surface area contributed by atoms with Crippen molar-refractivity contribution >= 4 is 28.4 Å². The van der Waals surface area contributed by atoms with Crippen molar-refractivity contribution in [2.75, 3.05) is 19.5 Å². The van der Waals surface area contributed by atoms with Crippen molar-refractivity contribution in [2.24, 2.45) is 5.73 Å². The highest BCUT2D eigenvalue weighted by molar-refractivity contribution is 6.01. The molecule has 2 heterocycles. The monoisotopic (exact) mass is 557 g/mol. The summed E-state index contributed by atoms with van der Waals surface area (Å²) in [5.74, 6) is -0.622. The first-order chi connectivity index (χ1) is 18.9. The minimum absolute atomic E-state index is 0.0248. The molecule has 4 aromatic rings. The van der Waals surface area contributed by atoms with Crippen LogP contribution in [-0.2, 0) is 11.0 Å². The molecule has 0 aliphatic heterocycles. The van der Waals surface area contributed by atoms with E-state index in [9.17, 15) is 22.8 Å². The first-order valence-electron chi connectivity index (χ1n) is 12.0. The molecule has 4 rings (SSSR count). The molecule has 2 aromatic carbocycles. The number of pyridine rings is 1. The zero-order chi connectivity index (χ0) is 29.2. The average molecular weight is 558 g/mol. The Morgan fingerprint density at radius 2 is 1.77 bits per heavy atom. The summed E-state index contributed by atoms with van der Waals surface area (Å²) in [6, 6.07) is 9.95. The maximum atomic E-state index is 13.3. The second kappa shape index (κ2) is 11.2. The van der Waals surface area contributed by atoms with Crippen molar-refractivity contribution in [1.82, 2.24) is 15.3 Å². The molecule has 13 heteroatoms. The van der Waals surface area contributed by atoms with Gasteiger partial charge in [0.15, 0.2) is 11.5 Å². The summed E-state index contributed by atoms with van der Waals surface area (Å²) in [5, 5.41) is 5.51. The van der Waals surface area contributed by atoms with Gasteiger partial charge in [-0.25, -0.2) is 9.97 Å². The predicted molar refractivity (Wildman–Crippen MR) is 140 cm³/mol. The molecule has 2 amide bonds. The van der Waals surface area contributed by atoms with Gasteiger partial charge in [-0.05, 0) is 50.2 Å². The zero-order valence-corrected chi connectivity index (χ0v) is 21.9. The van der Waals surface area contributed by atoms with Crippen LogP contribution in [0.1, 0.15) is 41.8 Å². The van der Waals surface area contributed by atoms with E-state index < -0.39 is 35.8 Å². The number of methoxy groups -OCH3 is 2. The molecule has 2 atom stereocenters. The molecule has 0 bridgehead atoms. The van der Waals surface area contributed by atoms with Gasteiger partial charge in [0, 0.05) is 22.7 Å². The molecule has 10 nitrogen and oxygen atoms in total. The SMILES string of the molecule is COc1cccc(NC(=O)[C@@H](C)NC(=O)c2nc(-c3ccc(OC)c4nc(C(F)(F)F)ccc34)oc2[C@H](C)N)c1. The van der Waals surface area contributed by atoms with Crippen molar-refractivity contribution in [3.63, 3.8) is 0 Å². The summed E-state index contributed by atoms with van der Waals surface area (Å²) >= 11 is 0. The molecular formula is C27H26F3N5O5. The van der Waals surface area contributed by atoms with Gasteiger partial charge in [-0.3, -0.25) is 9.59 Å². The quantitative estimate of drug-likeness (QED) is 0.283. The maximum absolute atomic E-state index is 13.3. The number of hydrogen-bond donors (Lipinski definition) is 3. The van der Waals surface area contributed by atoms with Gasteiger partial charge in [0.25, 0.3) is 5.91 Å². The lowest BCUT2D eigenvalue weighted by Crippen LogP contribution is -2.42. The third kappa shape index (κ3) is 5.83. The van der Waals surface area contributed by atoms with Crippen LogP contribution in [0.25, 0.3) is 22.4 Å². The standard InChI is InChI=1S/C27H26F3N5O5/c1-13(31)23-22(25(37)32-14(2)24(36)33-15-6-5-7-16(12-15)38-3)35-26(40-23)18-8-10-19(39-4)21-17(18)9-11-20(34-21)27(28,29)30/h5-14H,31H2,1-4H3,(H,32,37)(H,33,36)/t13-,14+/m0/s1. The summed E-state index contributed by atoms with van der Waals surface area (Å²) in [6.07, 6.45) is -4.67. The molecule has 0 unspecified atom stereocenters. The van der Waals surface area contributed by atoms with E-state index in [0.717, 1.165) is 6.07 Å². The Bertz CT molecular complexity index is 1570. The molecule has 0 aliphatic carbocycles. The zero-order valence-electron chi connectivity index (χ0n) is 21.9. The Kier molecular flexibility index (Phi) is 7.96. The van der Waals surface area contributed by atoms with Gasteiger partial charge < -0.3 is 30.3 Å². The minimum Gasteiger partial charge on any atom is -0.497 e. The number of amides is 2. The number of halogens is 3. The molecule has 4 N–H and O–H groups in total. The lowest BCUT2D eigenvalue weighted by atomic mass is 10.1. The molecular weight excluding hydrogens is 531 g/mol. The van der Waals surface area contributed by atoms with E-state index in [2.05, 4.69) is 20.6 Å². The first kappa shape index (κ1) is 28.4. The number of carbonyl (C=O) groups is 2. The summed E-state index contributed by atoms with van der Waals surface area (Å²) in [7, 11) is 2.81. The second-order valence-corrected chi connectivity index (χ2v) is 8.84. The number of rotatable bonds is 8. The van der Waals surface area contributed by atoms with Gasteiger partial charge in [-0.15, -0.1) is 0 Å².